The minimum absolute atomic E-state index is 0.00293. The molecule has 0 aromatic rings. The maximum atomic E-state index is 10.2. The van der Waals surface area contributed by atoms with Crippen molar-refractivity contribution in [3.8, 4) is 0 Å². The van der Waals surface area contributed by atoms with Crippen molar-refractivity contribution in [2.75, 3.05) is 12.0 Å². The smallest absolute Gasteiger partial charge is 0.307 e. The van der Waals surface area contributed by atoms with Gasteiger partial charge in [0.25, 0.3) is 0 Å². The normalized spacial score (nSPS) is 16.7. The third kappa shape index (κ3) is 4.21. The monoisotopic (exact) mass is 148 g/mol. The van der Waals surface area contributed by atoms with Crippen molar-refractivity contribution in [3.05, 3.63) is 0 Å². The molecule has 0 saturated carbocycles. The quantitative estimate of drug-likeness (QED) is 0.607. The van der Waals surface area contributed by atoms with E-state index in [0.29, 0.717) is 5.75 Å². The molecular weight excluding hydrogens is 136 g/mol. The van der Waals surface area contributed by atoms with Gasteiger partial charge in [-0.15, -0.1) is 0 Å². The second-order valence-electron chi connectivity index (χ2n) is 2.19. The van der Waals surface area contributed by atoms with E-state index in [-0.39, 0.29) is 16.4 Å². The average molecular weight is 148 g/mol. The molecule has 0 aliphatic heterocycles. The molecule has 0 radical (unpaired) electrons. The van der Waals surface area contributed by atoms with E-state index in [1.54, 1.807) is 6.92 Å². The molecule has 2 nitrogen and oxygen atoms in total. The van der Waals surface area contributed by atoms with E-state index in [1.807, 2.05) is 6.26 Å². The highest BCUT2D eigenvalue weighted by Gasteiger charge is 2.08. The molecule has 0 aromatic heterocycles. The summed E-state index contributed by atoms with van der Waals surface area (Å²) in [4.78, 5) is 10.2. The van der Waals surface area contributed by atoms with Crippen molar-refractivity contribution in [3.63, 3.8) is 0 Å². The van der Waals surface area contributed by atoms with Gasteiger partial charge in [0, 0.05) is 5.75 Å². The van der Waals surface area contributed by atoms with E-state index in [4.69, 9.17) is 5.11 Å². The van der Waals surface area contributed by atoms with Gasteiger partial charge in [0.15, 0.2) is 0 Å². The zero-order chi connectivity index (χ0) is 7.44. The molecule has 2 atom stereocenters. The van der Waals surface area contributed by atoms with Crippen LogP contribution in [-0.2, 0) is 4.79 Å². The predicted molar refractivity (Wildman–Crippen MR) is 42.3 cm³/mol. The molecular formula is C6H12O2S. The fraction of sp³-hybridized carbons (Fsp3) is 0.667. The van der Waals surface area contributed by atoms with Gasteiger partial charge in [-0.25, -0.2) is 0 Å². The lowest BCUT2D eigenvalue weighted by atomic mass is 10.2. The van der Waals surface area contributed by atoms with Crippen molar-refractivity contribution in [1.82, 2.24) is 0 Å². The number of hydrogen-bond acceptors (Lipinski definition) is 1. The van der Waals surface area contributed by atoms with Crippen LogP contribution in [-0.4, -0.2) is 29.0 Å². The highest BCUT2D eigenvalue weighted by Crippen LogP contribution is 2.09. The minimum Gasteiger partial charge on any atom is -0.481 e. The number of carboxylic acid groups (broad SMARTS) is 1. The molecule has 0 rings (SSSR count). The van der Waals surface area contributed by atoms with Crippen molar-refractivity contribution < 1.29 is 9.90 Å². The molecule has 54 valence electrons. The van der Waals surface area contributed by atoms with Crippen molar-refractivity contribution >= 4 is 22.3 Å². The molecule has 1 N–H and O–H groups in total. The summed E-state index contributed by atoms with van der Waals surface area (Å²) in [6.45, 7) is 1.71. The summed E-state index contributed by atoms with van der Waals surface area (Å²) >= 11 is 0. The lowest BCUT2D eigenvalue weighted by Gasteiger charge is -2.04. The first-order chi connectivity index (χ1) is 4.04. The third-order valence-electron chi connectivity index (χ3n) is 0.956. The molecule has 0 amide bonds. The van der Waals surface area contributed by atoms with Crippen LogP contribution >= 0.6 is 10.5 Å². The third-order valence-corrected chi connectivity index (χ3v) is 2.03. The summed E-state index contributed by atoms with van der Waals surface area (Å²) in [5.74, 6) is 3.45. The first kappa shape index (κ1) is 8.69. The van der Waals surface area contributed by atoms with Gasteiger partial charge in [0.2, 0.25) is 0 Å². The Labute approximate surface area is 57.8 Å². The van der Waals surface area contributed by atoms with Gasteiger partial charge in [-0.3, -0.25) is 4.79 Å². The Kier molecular flexibility index (Phi) is 3.54. The first-order valence-electron chi connectivity index (χ1n) is 2.69. The number of hydrogen-bond donors (Lipinski definition) is 1. The number of rotatable bonds is 3. The summed E-state index contributed by atoms with van der Waals surface area (Å²) in [5.41, 5.74) is 0. The number of carboxylic acids is 1. The fourth-order valence-corrected chi connectivity index (χ4v) is 1.49. The summed E-state index contributed by atoms with van der Waals surface area (Å²) in [5, 5.41) is 8.41. The Hall–Kier alpha value is -0.310. The van der Waals surface area contributed by atoms with Gasteiger partial charge < -0.3 is 5.11 Å². The van der Waals surface area contributed by atoms with E-state index >= 15 is 0 Å². The summed E-state index contributed by atoms with van der Waals surface area (Å²) in [6.07, 6.45) is 1.94. The van der Waals surface area contributed by atoms with Gasteiger partial charge in [-0.1, -0.05) is 12.8 Å². The number of aliphatic carboxylic acids is 1. The summed E-state index contributed by atoms with van der Waals surface area (Å²) in [6, 6.07) is 0. The topological polar surface area (TPSA) is 37.3 Å². The molecule has 2 unspecified atom stereocenters. The van der Waals surface area contributed by atoms with Crippen LogP contribution in [0.2, 0.25) is 0 Å². The maximum absolute atomic E-state index is 10.2. The maximum Gasteiger partial charge on any atom is 0.307 e. The van der Waals surface area contributed by atoms with E-state index in [9.17, 15) is 4.79 Å². The largest absolute Gasteiger partial charge is 0.481 e. The van der Waals surface area contributed by atoms with E-state index in [2.05, 4.69) is 5.87 Å². The van der Waals surface area contributed by atoms with Gasteiger partial charge in [-0.05, 0) is 6.26 Å². The lowest BCUT2D eigenvalue weighted by molar-refractivity contribution is -0.140. The summed E-state index contributed by atoms with van der Waals surface area (Å²) < 4.78 is 0. The van der Waals surface area contributed by atoms with E-state index < -0.39 is 5.97 Å². The molecule has 0 saturated heterocycles. The summed E-state index contributed by atoms with van der Waals surface area (Å²) in [7, 11) is 0.00293. The van der Waals surface area contributed by atoms with Gasteiger partial charge >= 0.3 is 5.97 Å². The molecule has 0 aliphatic carbocycles. The van der Waals surface area contributed by atoms with Crippen LogP contribution in [0.15, 0.2) is 0 Å². The highest BCUT2D eigenvalue weighted by molar-refractivity contribution is 8.13. The van der Waals surface area contributed by atoms with Crippen LogP contribution in [0.1, 0.15) is 6.92 Å². The highest BCUT2D eigenvalue weighted by atomic mass is 32.2. The Bertz CT molecular complexity index is 131. The molecule has 3 heteroatoms. The van der Waals surface area contributed by atoms with Crippen LogP contribution in [0, 0.1) is 5.92 Å². The second kappa shape index (κ2) is 3.67. The molecule has 0 spiro atoms. The number of carbonyl (C=O) groups is 1. The van der Waals surface area contributed by atoms with Gasteiger partial charge in [0.05, 0.1) is 5.92 Å². The van der Waals surface area contributed by atoms with Crippen molar-refractivity contribution in [1.29, 1.82) is 0 Å². The van der Waals surface area contributed by atoms with Crippen molar-refractivity contribution in [2.24, 2.45) is 5.92 Å². The molecule has 0 bridgehead atoms. The van der Waals surface area contributed by atoms with E-state index in [1.165, 1.54) is 0 Å². The Morgan fingerprint density at radius 2 is 2.33 bits per heavy atom. The second-order valence-corrected chi connectivity index (χ2v) is 4.08. The zero-order valence-electron chi connectivity index (χ0n) is 5.76. The van der Waals surface area contributed by atoms with Gasteiger partial charge in [0.1, 0.15) is 0 Å². The molecule has 0 fully saturated rings. The Morgan fingerprint density at radius 3 is 2.44 bits per heavy atom. The van der Waals surface area contributed by atoms with Crippen LogP contribution in [0.3, 0.4) is 0 Å². The van der Waals surface area contributed by atoms with Crippen LogP contribution in [0.4, 0.5) is 0 Å². The zero-order valence-corrected chi connectivity index (χ0v) is 6.57. The predicted octanol–water partition coefficient (Wildman–Crippen LogP) is 1.04. The molecule has 0 aromatic carbocycles. The van der Waals surface area contributed by atoms with E-state index in [0.717, 1.165) is 0 Å². The fourth-order valence-electron chi connectivity index (χ4n) is 0.498. The van der Waals surface area contributed by atoms with Crippen molar-refractivity contribution in [2.45, 2.75) is 6.92 Å². The van der Waals surface area contributed by atoms with Gasteiger partial charge in [-0.2, -0.15) is 10.5 Å². The Balaban J connectivity index is 3.63. The standard InChI is InChI=1S/C6H12O2S/c1-5(6(7)8)4-9(2)3/h5H,2,4H2,1,3H3,(H,7,8). The first-order valence-corrected chi connectivity index (χ1v) is 4.66. The minimum atomic E-state index is -0.724. The average Bonchev–Trinajstić information content (AvgIpc) is 1.63. The van der Waals surface area contributed by atoms with Crippen LogP contribution in [0.5, 0.6) is 0 Å². The van der Waals surface area contributed by atoms with Crippen LogP contribution in [0.25, 0.3) is 0 Å². The molecule has 9 heavy (non-hydrogen) atoms. The Morgan fingerprint density at radius 1 is 1.89 bits per heavy atom. The molecule has 0 aliphatic rings. The SMILES string of the molecule is C=S(C)CC(C)C(=O)O. The lowest BCUT2D eigenvalue weighted by Crippen LogP contribution is -2.12. The molecule has 0 heterocycles. The van der Waals surface area contributed by atoms with Crippen LogP contribution < -0.4 is 0 Å².